The van der Waals surface area contributed by atoms with Crippen molar-refractivity contribution in [3.05, 3.63) is 47.5 Å². The Morgan fingerprint density at radius 3 is 2.95 bits per heavy atom. The zero-order valence-electron chi connectivity index (χ0n) is 12.5. The smallest absolute Gasteiger partial charge is 0.306 e. The monoisotopic (exact) mass is 299 g/mol. The standard InChI is InChI=1S/C17H21N3O2/c18-9-3-5-13(17(21)22)10-14-16-8-7-12-4-1-2-6-15(12)20(16)11-19-14/h1-2,4,6,11,13H,3,5,7-10,18H2,(H,21,22). The van der Waals surface area contributed by atoms with Gasteiger partial charge in [-0.2, -0.15) is 0 Å². The lowest BCUT2D eigenvalue weighted by Gasteiger charge is -2.20. The van der Waals surface area contributed by atoms with Crippen LogP contribution in [0.25, 0.3) is 5.69 Å². The topological polar surface area (TPSA) is 81.1 Å². The van der Waals surface area contributed by atoms with Crippen molar-refractivity contribution in [2.75, 3.05) is 6.54 Å². The van der Waals surface area contributed by atoms with E-state index in [2.05, 4.69) is 27.8 Å². The Labute approximate surface area is 129 Å². The van der Waals surface area contributed by atoms with Crippen molar-refractivity contribution in [3.8, 4) is 5.69 Å². The summed E-state index contributed by atoms with van der Waals surface area (Å²) >= 11 is 0. The summed E-state index contributed by atoms with van der Waals surface area (Å²) in [6.45, 7) is 0.526. The number of para-hydroxylation sites is 1. The van der Waals surface area contributed by atoms with E-state index in [1.165, 1.54) is 5.56 Å². The highest BCUT2D eigenvalue weighted by atomic mass is 16.4. The second-order valence-electron chi connectivity index (χ2n) is 5.81. The van der Waals surface area contributed by atoms with Crippen molar-refractivity contribution in [3.63, 3.8) is 0 Å². The van der Waals surface area contributed by atoms with E-state index in [-0.39, 0.29) is 0 Å². The summed E-state index contributed by atoms with van der Waals surface area (Å²) in [5, 5.41) is 9.39. The lowest BCUT2D eigenvalue weighted by molar-refractivity contribution is -0.142. The highest BCUT2D eigenvalue weighted by molar-refractivity contribution is 5.70. The summed E-state index contributed by atoms with van der Waals surface area (Å²) in [4.78, 5) is 15.9. The maximum atomic E-state index is 11.4. The van der Waals surface area contributed by atoms with Gasteiger partial charge in [-0.3, -0.25) is 4.79 Å². The van der Waals surface area contributed by atoms with Gasteiger partial charge in [-0.05, 0) is 43.9 Å². The van der Waals surface area contributed by atoms with E-state index >= 15 is 0 Å². The molecule has 1 aliphatic rings. The molecule has 5 heteroatoms. The van der Waals surface area contributed by atoms with E-state index in [1.54, 1.807) is 0 Å². The van der Waals surface area contributed by atoms with Gasteiger partial charge in [0.25, 0.3) is 0 Å². The van der Waals surface area contributed by atoms with Crippen molar-refractivity contribution in [1.82, 2.24) is 9.55 Å². The van der Waals surface area contributed by atoms with Gasteiger partial charge in [0.15, 0.2) is 0 Å². The molecule has 0 radical (unpaired) electrons. The number of hydrogen-bond donors (Lipinski definition) is 2. The predicted octanol–water partition coefficient (Wildman–Crippen LogP) is 1.95. The van der Waals surface area contributed by atoms with Gasteiger partial charge in [-0.1, -0.05) is 18.2 Å². The van der Waals surface area contributed by atoms with Crippen molar-refractivity contribution >= 4 is 5.97 Å². The summed E-state index contributed by atoms with van der Waals surface area (Å²) < 4.78 is 2.11. The van der Waals surface area contributed by atoms with E-state index in [9.17, 15) is 9.90 Å². The zero-order chi connectivity index (χ0) is 15.5. The van der Waals surface area contributed by atoms with Crippen LogP contribution in [0, 0.1) is 5.92 Å². The Kier molecular flexibility index (Phi) is 4.24. The van der Waals surface area contributed by atoms with Crippen LogP contribution >= 0.6 is 0 Å². The minimum absolute atomic E-state index is 0.402. The molecule has 0 aliphatic carbocycles. The number of aromatic nitrogens is 2. The number of fused-ring (bicyclic) bond motifs is 3. The molecule has 2 heterocycles. The predicted molar refractivity (Wildman–Crippen MR) is 84.1 cm³/mol. The third-order valence-corrected chi connectivity index (χ3v) is 4.38. The fourth-order valence-electron chi connectivity index (χ4n) is 3.17. The summed E-state index contributed by atoms with van der Waals surface area (Å²) in [7, 11) is 0. The van der Waals surface area contributed by atoms with Gasteiger partial charge in [-0.25, -0.2) is 4.98 Å². The van der Waals surface area contributed by atoms with Gasteiger partial charge in [0.2, 0.25) is 0 Å². The molecular formula is C17H21N3O2. The number of rotatable bonds is 6. The molecule has 3 rings (SSSR count). The van der Waals surface area contributed by atoms with Crippen LogP contribution in [-0.2, 0) is 24.1 Å². The highest BCUT2D eigenvalue weighted by Crippen LogP contribution is 2.27. The molecule has 0 saturated heterocycles. The molecule has 0 spiro atoms. The SMILES string of the molecule is NCCCC(Cc1ncn2c1CCc1ccccc1-2)C(=O)O. The zero-order valence-corrected chi connectivity index (χ0v) is 12.5. The molecule has 116 valence electrons. The molecule has 2 aromatic rings. The number of benzene rings is 1. The van der Waals surface area contributed by atoms with E-state index in [1.807, 2.05) is 12.4 Å². The van der Waals surface area contributed by atoms with E-state index in [4.69, 9.17) is 5.73 Å². The minimum Gasteiger partial charge on any atom is -0.481 e. The Morgan fingerprint density at radius 1 is 1.36 bits per heavy atom. The number of nitrogens with two attached hydrogens (primary N) is 1. The Balaban J connectivity index is 1.86. The fraction of sp³-hybridized carbons (Fsp3) is 0.412. The van der Waals surface area contributed by atoms with Crippen LogP contribution in [0.5, 0.6) is 0 Å². The molecule has 5 nitrogen and oxygen atoms in total. The second-order valence-corrected chi connectivity index (χ2v) is 5.81. The highest BCUT2D eigenvalue weighted by Gasteiger charge is 2.24. The van der Waals surface area contributed by atoms with Gasteiger partial charge in [0.05, 0.1) is 17.9 Å². The van der Waals surface area contributed by atoms with Gasteiger partial charge in [0, 0.05) is 17.8 Å². The van der Waals surface area contributed by atoms with Crippen molar-refractivity contribution < 1.29 is 9.90 Å². The summed E-state index contributed by atoms with van der Waals surface area (Å²) in [5.74, 6) is -1.16. The number of imidazole rings is 1. The Hall–Kier alpha value is -2.14. The number of nitrogens with zero attached hydrogens (tertiary/aromatic N) is 2. The third-order valence-electron chi connectivity index (χ3n) is 4.38. The summed E-state index contributed by atoms with van der Waals surface area (Å²) in [5.41, 5.74) is 10.0. The molecule has 0 bridgehead atoms. The molecule has 1 aromatic heterocycles. The minimum atomic E-state index is -0.758. The van der Waals surface area contributed by atoms with Gasteiger partial charge < -0.3 is 15.4 Å². The van der Waals surface area contributed by atoms with Crippen molar-refractivity contribution in [2.24, 2.45) is 11.7 Å². The molecule has 1 aliphatic heterocycles. The molecule has 1 aromatic carbocycles. The van der Waals surface area contributed by atoms with Crippen LogP contribution in [0.4, 0.5) is 0 Å². The Bertz CT molecular complexity index is 678. The molecule has 1 atom stereocenters. The fourth-order valence-corrected chi connectivity index (χ4v) is 3.17. The molecule has 1 unspecified atom stereocenters. The quantitative estimate of drug-likeness (QED) is 0.854. The number of carbonyl (C=O) groups is 1. The van der Waals surface area contributed by atoms with E-state index in [0.717, 1.165) is 36.3 Å². The molecule has 22 heavy (non-hydrogen) atoms. The largest absolute Gasteiger partial charge is 0.481 e. The van der Waals surface area contributed by atoms with Crippen LogP contribution in [0.15, 0.2) is 30.6 Å². The van der Waals surface area contributed by atoms with Crippen LogP contribution in [-0.4, -0.2) is 27.2 Å². The third kappa shape index (κ3) is 2.76. The van der Waals surface area contributed by atoms with Crippen LogP contribution in [0.3, 0.4) is 0 Å². The number of carboxylic acids is 1. The van der Waals surface area contributed by atoms with Gasteiger partial charge >= 0.3 is 5.97 Å². The first kappa shape index (κ1) is 14.8. The molecular weight excluding hydrogens is 278 g/mol. The first-order chi connectivity index (χ1) is 10.7. The molecule has 0 amide bonds. The number of hydrogen-bond acceptors (Lipinski definition) is 3. The average Bonchev–Trinajstić information content (AvgIpc) is 2.94. The first-order valence-electron chi connectivity index (χ1n) is 7.77. The number of carboxylic acid groups (broad SMARTS) is 1. The molecule has 3 N–H and O–H groups in total. The first-order valence-corrected chi connectivity index (χ1v) is 7.77. The maximum absolute atomic E-state index is 11.4. The molecule has 0 fully saturated rings. The van der Waals surface area contributed by atoms with Gasteiger partial charge in [0.1, 0.15) is 0 Å². The second kappa shape index (κ2) is 6.32. The van der Waals surface area contributed by atoms with Crippen LogP contribution in [0.2, 0.25) is 0 Å². The normalized spacial score (nSPS) is 14.2. The summed E-state index contributed by atoms with van der Waals surface area (Å²) in [6, 6.07) is 8.30. The average molecular weight is 299 g/mol. The van der Waals surface area contributed by atoms with Crippen molar-refractivity contribution in [1.29, 1.82) is 0 Å². The van der Waals surface area contributed by atoms with Gasteiger partial charge in [-0.15, -0.1) is 0 Å². The van der Waals surface area contributed by atoms with E-state index in [0.29, 0.717) is 19.4 Å². The Morgan fingerprint density at radius 2 is 2.18 bits per heavy atom. The van der Waals surface area contributed by atoms with Crippen LogP contribution < -0.4 is 5.73 Å². The van der Waals surface area contributed by atoms with Crippen LogP contribution in [0.1, 0.15) is 29.8 Å². The lowest BCUT2D eigenvalue weighted by Crippen LogP contribution is -2.20. The summed E-state index contributed by atoms with van der Waals surface area (Å²) in [6.07, 6.45) is 5.54. The maximum Gasteiger partial charge on any atom is 0.306 e. The lowest BCUT2D eigenvalue weighted by atomic mass is 9.94. The van der Waals surface area contributed by atoms with Crippen molar-refractivity contribution in [2.45, 2.75) is 32.1 Å². The number of aliphatic carboxylic acids is 1. The molecule has 0 saturated carbocycles. The number of aryl methyl sites for hydroxylation is 1. The van der Waals surface area contributed by atoms with E-state index < -0.39 is 11.9 Å².